The first-order valence-corrected chi connectivity index (χ1v) is 11.6. The fourth-order valence-corrected chi connectivity index (χ4v) is 4.30. The van der Waals surface area contributed by atoms with Gasteiger partial charge in [0, 0.05) is 44.6 Å². The summed E-state index contributed by atoms with van der Waals surface area (Å²) in [4.78, 5) is 11.6. The average molecular weight is 431 g/mol. The van der Waals surface area contributed by atoms with Crippen LogP contribution in [0.15, 0.2) is 78.3 Å². The highest BCUT2D eigenvalue weighted by Crippen LogP contribution is 2.19. The molecule has 1 atom stereocenters. The Hall–Kier alpha value is -3.12. The molecule has 0 bridgehead atoms. The van der Waals surface area contributed by atoms with E-state index < -0.39 is 0 Å². The van der Waals surface area contributed by atoms with Gasteiger partial charge in [0.05, 0.1) is 12.9 Å². The van der Waals surface area contributed by atoms with Crippen LogP contribution < -0.4 is 10.6 Å². The molecule has 1 fully saturated rings. The van der Waals surface area contributed by atoms with Gasteiger partial charge in [0.15, 0.2) is 5.96 Å². The summed E-state index contributed by atoms with van der Waals surface area (Å²) in [6.45, 7) is 7.55. The van der Waals surface area contributed by atoms with Crippen molar-refractivity contribution in [3.63, 3.8) is 0 Å². The van der Waals surface area contributed by atoms with Gasteiger partial charge >= 0.3 is 0 Å². The van der Waals surface area contributed by atoms with Crippen LogP contribution in [0.1, 0.15) is 36.5 Å². The van der Waals surface area contributed by atoms with Crippen molar-refractivity contribution in [2.75, 3.05) is 19.6 Å². The Balaban J connectivity index is 1.33. The standard InChI is InChI=1S/C26H34N6/c1-2-28-26(29-17-23-10-6-11-24(16-23)19-31-15-13-27-21-31)30-18-25-12-7-14-32(25)20-22-8-4-3-5-9-22/h3-6,8-11,13,15-16,21,25H,2,7,12,14,17-20H2,1H3,(H2,28,29,30). The monoisotopic (exact) mass is 430 g/mol. The number of benzene rings is 2. The van der Waals surface area contributed by atoms with Crippen LogP contribution in [0.4, 0.5) is 0 Å². The third-order valence-electron chi connectivity index (χ3n) is 5.91. The molecule has 6 heteroatoms. The molecule has 1 aliphatic heterocycles. The first kappa shape index (κ1) is 22.1. The van der Waals surface area contributed by atoms with Crippen molar-refractivity contribution in [3.8, 4) is 0 Å². The fourth-order valence-electron chi connectivity index (χ4n) is 4.30. The van der Waals surface area contributed by atoms with Crippen LogP contribution in [-0.2, 0) is 19.6 Å². The van der Waals surface area contributed by atoms with Crippen LogP contribution in [0.2, 0.25) is 0 Å². The van der Waals surface area contributed by atoms with Crippen molar-refractivity contribution in [2.24, 2.45) is 4.99 Å². The molecule has 168 valence electrons. The van der Waals surface area contributed by atoms with E-state index in [9.17, 15) is 0 Å². The lowest BCUT2D eigenvalue weighted by Crippen LogP contribution is -2.44. The molecule has 0 spiro atoms. The number of nitrogens with one attached hydrogen (secondary N) is 2. The highest BCUT2D eigenvalue weighted by Gasteiger charge is 2.24. The summed E-state index contributed by atoms with van der Waals surface area (Å²) in [6, 6.07) is 19.9. The lowest BCUT2D eigenvalue weighted by Gasteiger charge is -2.25. The van der Waals surface area contributed by atoms with Crippen molar-refractivity contribution in [2.45, 2.75) is 45.4 Å². The zero-order valence-corrected chi connectivity index (χ0v) is 19.0. The smallest absolute Gasteiger partial charge is 0.191 e. The Morgan fingerprint density at radius 1 is 1.03 bits per heavy atom. The lowest BCUT2D eigenvalue weighted by molar-refractivity contribution is 0.245. The normalized spacial score (nSPS) is 16.9. The summed E-state index contributed by atoms with van der Waals surface area (Å²) in [5, 5.41) is 6.98. The molecule has 6 nitrogen and oxygen atoms in total. The molecule has 4 rings (SSSR count). The molecule has 2 aromatic carbocycles. The maximum atomic E-state index is 4.85. The maximum absolute atomic E-state index is 4.85. The number of rotatable bonds is 9. The van der Waals surface area contributed by atoms with Crippen molar-refractivity contribution in [3.05, 3.63) is 90.0 Å². The van der Waals surface area contributed by atoms with Gasteiger partial charge in [-0.25, -0.2) is 9.98 Å². The molecule has 1 aliphatic rings. The SMILES string of the molecule is CCNC(=NCc1cccc(Cn2ccnc2)c1)NCC1CCCN1Cc1ccccc1. The lowest BCUT2D eigenvalue weighted by atomic mass is 10.1. The molecular weight excluding hydrogens is 396 g/mol. The average Bonchev–Trinajstić information content (AvgIpc) is 3.49. The van der Waals surface area contributed by atoms with Gasteiger partial charge < -0.3 is 15.2 Å². The summed E-state index contributed by atoms with van der Waals surface area (Å²) >= 11 is 0. The van der Waals surface area contributed by atoms with Crippen molar-refractivity contribution < 1.29 is 0 Å². The molecular formula is C26H34N6. The summed E-state index contributed by atoms with van der Waals surface area (Å²) in [7, 11) is 0. The van der Waals surface area contributed by atoms with Gasteiger partial charge in [0.2, 0.25) is 0 Å². The van der Waals surface area contributed by atoms with Crippen molar-refractivity contribution in [1.29, 1.82) is 0 Å². The zero-order valence-electron chi connectivity index (χ0n) is 19.0. The second-order valence-corrected chi connectivity index (χ2v) is 8.38. The molecule has 1 aromatic heterocycles. The number of hydrogen-bond acceptors (Lipinski definition) is 3. The van der Waals surface area contributed by atoms with Crippen LogP contribution >= 0.6 is 0 Å². The number of imidazole rings is 1. The van der Waals surface area contributed by atoms with Gasteiger partial charge in [0.1, 0.15) is 0 Å². The quantitative estimate of drug-likeness (QED) is 0.402. The Morgan fingerprint density at radius 3 is 2.69 bits per heavy atom. The largest absolute Gasteiger partial charge is 0.357 e. The van der Waals surface area contributed by atoms with Gasteiger partial charge in [-0.1, -0.05) is 54.6 Å². The predicted octanol–water partition coefficient (Wildman–Crippen LogP) is 3.65. The first-order chi connectivity index (χ1) is 15.8. The Kier molecular flexibility index (Phi) is 7.93. The van der Waals surface area contributed by atoms with Gasteiger partial charge in [-0.3, -0.25) is 4.90 Å². The second-order valence-electron chi connectivity index (χ2n) is 8.38. The van der Waals surface area contributed by atoms with E-state index in [0.29, 0.717) is 12.6 Å². The molecule has 0 saturated carbocycles. The highest BCUT2D eigenvalue weighted by atomic mass is 15.2. The van der Waals surface area contributed by atoms with Gasteiger partial charge in [-0.15, -0.1) is 0 Å². The molecule has 0 aliphatic carbocycles. The minimum atomic E-state index is 0.539. The fraction of sp³-hybridized carbons (Fsp3) is 0.385. The van der Waals surface area contributed by atoms with Crippen LogP contribution in [0, 0.1) is 0 Å². The molecule has 1 saturated heterocycles. The maximum Gasteiger partial charge on any atom is 0.191 e. The van der Waals surface area contributed by atoms with E-state index >= 15 is 0 Å². The molecule has 2 N–H and O–H groups in total. The molecule has 0 radical (unpaired) electrons. The zero-order chi connectivity index (χ0) is 22.0. The Labute approximate surface area is 191 Å². The summed E-state index contributed by atoms with van der Waals surface area (Å²) < 4.78 is 2.08. The van der Waals surface area contributed by atoms with E-state index in [1.165, 1.54) is 36.1 Å². The summed E-state index contributed by atoms with van der Waals surface area (Å²) in [5.41, 5.74) is 3.86. The number of hydrogen-bond donors (Lipinski definition) is 2. The summed E-state index contributed by atoms with van der Waals surface area (Å²) in [5.74, 6) is 0.888. The highest BCUT2D eigenvalue weighted by molar-refractivity contribution is 5.79. The Bertz CT molecular complexity index is 967. The number of aromatic nitrogens is 2. The number of likely N-dealkylation sites (tertiary alicyclic amines) is 1. The first-order valence-electron chi connectivity index (χ1n) is 11.6. The Morgan fingerprint density at radius 2 is 1.88 bits per heavy atom. The van der Waals surface area contributed by atoms with Gasteiger partial charge in [-0.2, -0.15) is 0 Å². The topological polar surface area (TPSA) is 57.5 Å². The molecule has 2 heterocycles. The molecule has 32 heavy (non-hydrogen) atoms. The third kappa shape index (κ3) is 6.44. The minimum absolute atomic E-state index is 0.539. The number of nitrogens with zero attached hydrogens (tertiary/aromatic N) is 4. The predicted molar refractivity (Wildman–Crippen MR) is 130 cm³/mol. The van der Waals surface area contributed by atoms with Crippen LogP contribution in [0.3, 0.4) is 0 Å². The van der Waals surface area contributed by atoms with Crippen LogP contribution in [-0.4, -0.2) is 46.1 Å². The number of guanidine groups is 1. The van der Waals surface area contributed by atoms with E-state index in [2.05, 4.69) is 86.6 Å². The van der Waals surface area contributed by atoms with E-state index in [1.54, 1.807) is 0 Å². The van der Waals surface area contributed by atoms with E-state index in [1.807, 2.05) is 18.7 Å². The number of aliphatic imine (C=N–C) groups is 1. The van der Waals surface area contributed by atoms with E-state index in [-0.39, 0.29) is 0 Å². The van der Waals surface area contributed by atoms with Gasteiger partial charge in [0.25, 0.3) is 0 Å². The van der Waals surface area contributed by atoms with E-state index in [4.69, 9.17) is 4.99 Å². The summed E-state index contributed by atoms with van der Waals surface area (Å²) in [6.07, 6.45) is 8.14. The third-order valence-corrected chi connectivity index (χ3v) is 5.91. The van der Waals surface area contributed by atoms with Crippen molar-refractivity contribution in [1.82, 2.24) is 25.1 Å². The molecule has 3 aromatic rings. The molecule has 0 amide bonds. The second kappa shape index (κ2) is 11.5. The van der Waals surface area contributed by atoms with Crippen LogP contribution in [0.25, 0.3) is 0 Å². The van der Waals surface area contributed by atoms with Gasteiger partial charge in [-0.05, 0) is 43.0 Å². The minimum Gasteiger partial charge on any atom is -0.357 e. The van der Waals surface area contributed by atoms with E-state index in [0.717, 1.165) is 32.1 Å². The van der Waals surface area contributed by atoms with Crippen molar-refractivity contribution >= 4 is 5.96 Å². The van der Waals surface area contributed by atoms with Crippen LogP contribution in [0.5, 0.6) is 0 Å². The molecule has 1 unspecified atom stereocenters.